The number of H-pyrrole nitrogens is 1. The fraction of sp³-hybridized carbons (Fsp3) is 0.400. The smallest absolute Gasteiger partial charge is 0.160 e. The number of aromatic amines is 1. The van der Waals surface area contributed by atoms with Gasteiger partial charge in [-0.3, -0.25) is 4.99 Å². The van der Waals surface area contributed by atoms with Crippen LogP contribution in [0.25, 0.3) is 16.6 Å². The van der Waals surface area contributed by atoms with Crippen LogP contribution >= 0.6 is 11.6 Å². The van der Waals surface area contributed by atoms with Crippen LogP contribution < -0.4 is 5.73 Å². The van der Waals surface area contributed by atoms with Gasteiger partial charge in [0, 0.05) is 35.1 Å². The minimum atomic E-state index is 0.358. The van der Waals surface area contributed by atoms with Crippen molar-refractivity contribution in [2.75, 3.05) is 20.1 Å². The first-order valence-electron chi connectivity index (χ1n) is 7.31. The molecule has 0 aromatic carbocycles. The topological polar surface area (TPSA) is 83.2 Å². The number of hydrogen-bond donors (Lipinski definition) is 2. The highest BCUT2D eigenvalue weighted by atomic mass is 35.5. The van der Waals surface area contributed by atoms with Gasteiger partial charge in [0.05, 0.1) is 6.04 Å². The summed E-state index contributed by atoms with van der Waals surface area (Å²) in [7, 11) is 2.14. The summed E-state index contributed by atoms with van der Waals surface area (Å²) in [6, 6.07) is 2.14. The molecule has 0 saturated carbocycles. The zero-order valence-corrected chi connectivity index (χ0v) is 13.2. The largest absolute Gasteiger partial charge is 0.404 e. The van der Waals surface area contributed by atoms with Gasteiger partial charge in [0.25, 0.3) is 0 Å². The average Bonchev–Trinajstić information content (AvgIpc) is 2.93. The van der Waals surface area contributed by atoms with Crippen LogP contribution in [0.1, 0.15) is 18.4 Å². The summed E-state index contributed by atoms with van der Waals surface area (Å²) in [6.45, 7) is 2.17. The summed E-state index contributed by atoms with van der Waals surface area (Å²) in [6.07, 6.45) is 7.43. The van der Waals surface area contributed by atoms with Gasteiger partial charge >= 0.3 is 0 Å². The zero-order chi connectivity index (χ0) is 15.5. The number of nitrogens with two attached hydrogens (primary N) is 1. The molecule has 3 rings (SSSR count). The molecule has 3 N–H and O–H groups in total. The van der Waals surface area contributed by atoms with Crippen molar-refractivity contribution in [3.8, 4) is 0 Å². The molecule has 1 fully saturated rings. The number of nitrogens with one attached hydrogen (secondary N) is 1. The molecule has 2 aromatic rings. The summed E-state index contributed by atoms with van der Waals surface area (Å²) in [5.41, 5.74) is 8.26. The Hall–Kier alpha value is -1.92. The van der Waals surface area contributed by atoms with E-state index in [0.717, 1.165) is 42.5 Å². The maximum absolute atomic E-state index is 5.93. The highest BCUT2D eigenvalue weighted by Crippen LogP contribution is 2.24. The molecule has 0 unspecified atom stereocenters. The highest BCUT2D eigenvalue weighted by Gasteiger charge is 2.15. The van der Waals surface area contributed by atoms with Crippen LogP contribution in [0.5, 0.6) is 0 Å². The SMILES string of the molecule is CN1CCC(N=CC(=CN)c2c[nH]c3nnc(Cl)cc23)CC1. The van der Waals surface area contributed by atoms with Gasteiger partial charge in [-0.1, -0.05) is 11.6 Å². The summed E-state index contributed by atoms with van der Waals surface area (Å²) >= 11 is 5.93. The Morgan fingerprint density at radius 2 is 2.23 bits per heavy atom. The van der Waals surface area contributed by atoms with Crippen molar-refractivity contribution in [3.05, 3.63) is 29.2 Å². The highest BCUT2D eigenvalue weighted by molar-refractivity contribution is 6.30. The molecule has 6 nitrogen and oxygen atoms in total. The van der Waals surface area contributed by atoms with E-state index >= 15 is 0 Å². The number of allylic oxidation sites excluding steroid dienone is 1. The molecule has 1 aliphatic rings. The van der Waals surface area contributed by atoms with E-state index in [9.17, 15) is 0 Å². The van der Waals surface area contributed by atoms with Crippen LogP contribution in [0, 0.1) is 0 Å². The van der Waals surface area contributed by atoms with Gasteiger partial charge in [-0.15, -0.1) is 10.2 Å². The number of likely N-dealkylation sites (tertiary alicyclic amines) is 1. The lowest BCUT2D eigenvalue weighted by Gasteiger charge is -2.26. The number of fused-ring (bicyclic) bond motifs is 1. The molecule has 116 valence electrons. The summed E-state index contributed by atoms with van der Waals surface area (Å²) in [5.74, 6) is 0. The van der Waals surface area contributed by atoms with Gasteiger partial charge in [-0.2, -0.15) is 0 Å². The zero-order valence-electron chi connectivity index (χ0n) is 12.5. The molecule has 7 heteroatoms. The molecule has 3 heterocycles. The molecule has 1 aliphatic heterocycles. The lowest BCUT2D eigenvalue weighted by Crippen LogP contribution is -2.32. The van der Waals surface area contributed by atoms with Crippen molar-refractivity contribution in [1.29, 1.82) is 0 Å². The first-order chi connectivity index (χ1) is 10.7. The van der Waals surface area contributed by atoms with E-state index in [1.54, 1.807) is 12.3 Å². The number of piperidine rings is 1. The number of nitrogens with zero attached hydrogens (tertiary/aromatic N) is 4. The summed E-state index contributed by atoms with van der Waals surface area (Å²) < 4.78 is 0. The Morgan fingerprint density at radius 3 is 2.95 bits per heavy atom. The second-order valence-electron chi connectivity index (χ2n) is 5.57. The third-order valence-electron chi connectivity index (χ3n) is 4.01. The fourth-order valence-electron chi connectivity index (χ4n) is 2.67. The van der Waals surface area contributed by atoms with Gasteiger partial charge in [-0.25, -0.2) is 0 Å². The third-order valence-corrected chi connectivity index (χ3v) is 4.20. The molecule has 0 bridgehead atoms. The number of aromatic nitrogens is 3. The predicted octanol–water partition coefficient (Wildman–Crippen LogP) is 2.08. The van der Waals surface area contributed by atoms with E-state index in [1.807, 2.05) is 12.4 Å². The standard InChI is InChI=1S/C15H19ClN6/c1-22-4-2-11(3-5-22)18-8-10(7-17)13-9-19-15-12(13)6-14(16)20-21-15/h6-9,11H,2-5,17H2,1H3,(H,19,21). The molecule has 2 aromatic heterocycles. The van der Waals surface area contributed by atoms with Crippen molar-refractivity contribution in [1.82, 2.24) is 20.1 Å². The predicted molar refractivity (Wildman–Crippen MR) is 90.1 cm³/mol. The van der Waals surface area contributed by atoms with E-state index < -0.39 is 0 Å². The summed E-state index contributed by atoms with van der Waals surface area (Å²) in [5, 5.41) is 9.10. The van der Waals surface area contributed by atoms with Crippen LogP contribution in [0.3, 0.4) is 0 Å². The molecule has 0 atom stereocenters. The maximum atomic E-state index is 5.93. The lowest BCUT2D eigenvalue weighted by atomic mass is 10.1. The van der Waals surface area contributed by atoms with Crippen LogP contribution in [0.2, 0.25) is 5.15 Å². The number of halogens is 1. The minimum Gasteiger partial charge on any atom is -0.404 e. The second kappa shape index (κ2) is 6.46. The van der Waals surface area contributed by atoms with Crippen molar-refractivity contribution in [2.45, 2.75) is 18.9 Å². The lowest BCUT2D eigenvalue weighted by molar-refractivity contribution is 0.257. The first kappa shape index (κ1) is 15.0. The minimum absolute atomic E-state index is 0.358. The Kier molecular flexibility index (Phi) is 4.40. The molecular weight excluding hydrogens is 300 g/mol. The Labute approximate surface area is 134 Å². The third kappa shape index (κ3) is 3.13. The van der Waals surface area contributed by atoms with Gasteiger partial charge in [-0.05, 0) is 39.0 Å². The number of rotatable bonds is 3. The Balaban J connectivity index is 1.83. The second-order valence-corrected chi connectivity index (χ2v) is 5.95. The van der Waals surface area contributed by atoms with Gasteiger partial charge in [0.15, 0.2) is 10.8 Å². The van der Waals surface area contributed by atoms with Crippen LogP contribution in [-0.2, 0) is 0 Å². The summed E-state index contributed by atoms with van der Waals surface area (Å²) in [4.78, 5) is 10.1. The molecular formula is C15H19ClN6. The molecule has 0 aliphatic carbocycles. The quantitative estimate of drug-likeness (QED) is 0.849. The van der Waals surface area contributed by atoms with Crippen LogP contribution in [0.4, 0.5) is 0 Å². The van der Waals surface area contributed by atoms with E-state index in [-0.39, 0.29) is 0 Å². The number of aliphatic imine (C=N–C) groups is 1. The Morgan fingerprint density at radius 1 is 1.45 bits per heavy atom. The molecule has 0 spiro atoms. The van der Waals surface area contributed by atoms with Crippen molar-refractivity contribution in [3.63, 3.8) is 0 Å². The van der Waals surface area contributed by atoms with E-state index in [4.69, 9.17) is 22.3 Å². The van der Waals surface area contributed by atoms with Crippen molar-refractivity contribution < 1.29 is 0 Å². The van der Waals surface area contributed by atoms with Crippen LogP contribution in [0.15, 0.2) is 23.5 Å². The Bertz CT molecular complexity index is 712. The monoisotopic (exact) mass is 318 g/mol. The van der Waals surface area contributed by atoms with Crippen molar-refractivity contribution >= 4 is 34.4 Å². The molecule has 22 heavy (non-hydrogen) atoms. The van der Waals surface area contributed by atoms with E-state index in [2.05, 4.69) is 27.1 Å². The van der Waals surface area contributed by atoms with Crippen molar-refractivity contribution in [2.24, 2.45) is 10.7 Å². The van der Waals surface area contributed by atoms with Crippen LogP contribution in [-0.4, -0.2) is 52.5 Å². The molecule has 0 amide bonds. The van der Waals surface area contributed by atoms with Gasteiger partial charge in [0.2, 0.25) is 0 Å². The van der Waals surface area contributed by atoms with Gasteiger partial charge < -0.3 is 15.6 Å². The molecule has 1 saturated heterocycles. The van der Waals surface area contributed by atoms with E-state index in [1.165, 1.54) is 0 Å². The average molecular weight is 319 g/mol. The maximum Gasteiger partial charge on any atom is 0.160 e. The van der Waals surface area contributed by atoms with Gasteiger partial charge in [0.1, 0.15) is 0 Å². The van der Waals surface area contributed by atoms with E-state index in [0.29, 0.717) is 16.8 Å². The molecule has 0 radical (unpaired) electrons. The first-order valence-corrected chi connectivity index (χ1v) is 7.69. The normalized spacial score (nSPS) is 18.5. The number of hydrogen-bond acceptors (Lipinski definition) is 5. The fourth-order valence-corrected chi connectivity index (χ4v) is 2.82.